The Morgan fingerprint density at radius 1 is 1.11 bits per heavy atom. The molecule has 0 spiro atoms. The number of piperazine rings is 1. The molecular weight excluding hydrogens is 287 g/mol. The molecule has 0 aromatic heterocycles. The Kier molecular flexibility index (Phi) is 8.76. The van der Waals surface area contributed by atoms with Crippen LogP contribution in [0.3, 0.4) is 0 Å². The Bertz CT molecular complexity index is 368. The summed E-state index contributed by atoms with van der Waals surface area (Å²) >= 11 is 0. The van der Waals surface area contributed by atoms with Gasteiger partial charge in [0.05, 0.1) is 5.56 Å². The van der Waals surface area contributed by atoms with E-state index in [1.54, 1.807) is 12.1 Å². The van der Waals surface area contributed by atoms with Crippen molar-refractivity contribution in [1.29, 1.82) is 0 Å². The normalized spacial score (nSPS) is 16.1. The molecule has 0 N–H and O–H groups in total. The molecule has 19 heavy (non-hydrogen) atoms. The van der Waals surface area contributed by atoms with E-state index in [1.165, 1.54) is 0 Å². The van der Waals surface area contributed by atoms with Gasteiger partial charge in [0.25, 0.3) is 0 Å². The predicted molar refractivity (Wildman–Crippen MR) is 80.3 cm³/mol. The first-order valence-electron chi connectivity index (χ1n) is 5.89. The summed E-state index contributed by atoms with van der Waals surface area (Å²) in [4.78, 5) is 16.1. The highest BCUT2D eigenvalue weighted by molar-refractivity contribution is 5.89. The number of hydrogen-bond donors (Lipinski definition) is 0. The van der Waals surface area contributed by atoms with Crippen LogP contribution in [0.1, 0.15) is 10.4 Å². The van der Waals surface area contributed by atoms with E-state index in [9.17, 15) is 4.79 Å². The van der Waals surface area contributed by atoms with Crippen LogP contribution in [0.5, 0.6) is 0 Å². The van der Waals surface area contributed by atoms with E-state index in [4.69, 9.17) is 4.74 Å². The van der Waals surface area contributed by atoms with Crippen molar-refractivity contribution in [3.8, 4) is 0 Å². The van der Waals surface area contributed by atoms with E-state index in [2.05, 4.69) is 16.8 Å². The van der Waals surface area contributed by atoms with Crippen molar-refractivity contribution >= 4 is 30.8 Å². The summed E-state index contributed by atoms with van der Waals surface area (Å²) in [6.07, 6.45) is 0. The minimum absolute atomic E-state index is 0. The van der Waals surface area contributed by atoms with E-state index in [0.717, 1.165) is 26.2 Å². The highest BCUT2D eigenvalue weighted by Crippen LogP contribution is 2.03. The molecular formula is C13H20Cl2N2O2. The average Bonchev–Trinajstić information content (AvgIpc) is 2.39. The average molecular weight is 307 g/mol. The maximum atomic E-state index is 11.7. The number of nitrogens with zero attached hydrogens (tertiary/aromatic N) is 2. The SMILES string of the molecule is CN1CCN(COC(=O)c2ccccc2)CC1.Cl.Cl. The molecule has 1 saturated heterocycles. The molecule has 1 aromatic carbocycles. The molecule has 0 bridgehead atoms. The van der Waals surface area contributed by atoms with Crippen LogP contribution in [-0.4, -0.2) is 55.7 Å². The zero-order chi connectivity index (χ0) is 12.1. The molecule has 0 unspecified atom stereocenters. The molecule has 0 amide bonds. The van der Waals surface area contributed by atoms with Gasteiger partial charge in [-0.3, -0.25) is 4.90 Å². The third-order valence-electron chi connectivity index (χ3n) is 2.98. The zero-order valence-electron chi connectivity index (χ0n) is 10.9. The molecule has 2 rings (SSSR count). The number of hydrogen-bond acceptors (Lipinski definition) is 4. The van der Waals surface area contributed by atoms with E-state index in [0.29, 0.717) is 12.3 Å². The van der Waals surface area contributed by atoms with Gasteiger partial charge in [-0.05, 0) is 19.2 Å². The van der Waals surface area contributed by atoms with E-state index in [1.807, 2.05) is 18.2 Å². The van der Waals surface area contributed by atoms with E-state index < -0.39 is 0 Å². The predicted octanol–water partition coefficient (Wildman–Crippen LogP) is 1.89. The Balaban J connectivity index is 0.00000162. The van der Waals surface area contributed by atoms with Gasteiger partial charge >= 0.3 is 5.97 Å². The number of rotatable bonds is 3. The molecule has 1 heterocycles. The summed E-state index contributed by atoms with van der Waals surface area (Å²) in [6, 6.07) is 9.11. The molecule has 6 heteroatoms. The number of benzene rings is 1. The van der Waals surface area contributed by atoms with E-state index >= 15 is 0 Å². The van der Waals surface area contributed by atoms with Gasteiger partial charge in [-0.25, -0.2) is 4.79 Å². The van der Waals surface area contributed by atoms with Crippen molar-refractivity contribution in [2.75, 3.05) is 40.0 Å². The quantitative estimate of drug-likeness (QED) is 0.799. The zero-order valence-corrected chi connectivity index (χ0v) is 12.6. The first-order chi connectivity index (χ1) is 8.25. The summed E-state index contributed by atoms with van der Waals surface area (Å²) in [7, 11) is 2.10. The van der Waals surface area contributed by atoms with Crippen LogP contribution in [0.15, 0.2) is 30.3 Å². The molecule has 1 aliphatic heterocycles. The summed E-state index contributed by atoms with van der Waals surface area (Å²) in [6.45, 7) is 4.37. The summed E-state index contributed by atoms with van der Waals surface area (Å²) in [5.74, 6) is -0.246. The number of esters is 1. The number of carbonyl (C=O) groups excluding carboxylic acids is 1. The van der Waals surface area contributed by atoms with Crippen molar-refractivity contribution < 1.29 is 9.53 Å². The molecule has 1 aliphatic rings. The standard InChI is InChI=1S/C13H18N2O2.2ClH/c1-14-7-9-15(10-8-14)11-17-13(16)12-5-3-2-4-6-12;;/h2-6H,7-11H2,1H3;2*1H. The Hall–Kier alpha value is -0.810. The van der Waals surface area contributed by atoms with Gasteiger partial charge in [-0.1, -0.05) is 18.2 Å². The van der Waals surface area contributed by atoms with E-state index in [-0.39, 0.29) is 30.8 Å². The largest absolute Gasteiger partial charge is 0.446 e. The van der Waals surface area contributed by atoms with Gasteiger partial charge in [-0.2, -0.15) is 0 Å². The number of ether oxygens (including phenoxy) is 1. The second kappa shape index (κ2) is 9.15. The second-order valence-electron chi connectivity index (χ2n) is 4.35. The second-order valence-corrected chi connectivity index (χ2v) is 4.35. The summed E-state index contributed by atoms with van der Waals surface area (Å²) in [5.41, 5.74) is 0.613. The van der Waals surface area contributed by atoms with Gasteiger partial charge in [0.15, 0.2) is 0 Å². The highest BCUT2D eigenvalue weighted by atomic mass is 35.5. The first kappa shape index (κ1) is 18.2. The topological polar surface area (TPSA) is 32.8 Å². The summed E-state index contributed by atoms with van der Waals surface area (Å²) in [5, 5.41) is 0. The lowest BCUT2D eigenvalue weighted by Gasteiger charge is -2.31. The minimum atomic E-state index is -0.246. The third-order valence-corrected chi connectivity index (χ3v) is 2.98. The molecule has 1 fully saturated rings. The number of carbonyl (C=O) groups is 1. The Morgan fingerprint density at radius 3 is 2.26 bits per heavy atom. The first-order valence-corrected chi connectivity index (χ1v) is 5.89. The smallest absolute Gasteiger partial charge is 0.339 e. The van der Waals surface area contributed by atoms with Gasteiger partial charge in [0.1, 0.15) is 6.73 Å². The van der Waals surface area contributed by atoms with Crippen molar-refractivity contribution in [3.05, 3.63) is 35.9 Å². The van der Waals surface area contributed by atoms with Gasteiger partial charge < -0.3 is 9.64 Å². The monoisotopic (exact) mass is 306 g/mol. The van der Waals surface area contributed by atoms with Gasteiger partial charge in [-0.15, -0.1) is 24.8 Å². The van der Waals surface area contributed by atoms with Crippen molar-refractivity contribution in [2.45, 2.75) is 0 Å². The molecule has 0 aliphatic carbocycles. The molecule has 4 nitrogen and oxygen atoms in total. The molecule has 108 valence electrons. The molecule has 0 radical (unpaired) electrons. The van der Waals surface area contributed by atoms with Crippen molar-refractivity contribution in [2.24, 2.45) is 0 Å². The fraction of sp³-hybridized carbons (Fsp3) is 0.462. The molecule has 0 atom stereocenters. The third kappa shape index (κ3) is 5.78. The van der Waals surface area contributed by atoms with Crippen LogP contribution in [0.25, 0.3) is 0 Å². The lowest BCUT2D eigenvalue weighted by atomic mass is 10.2. The van der Waals surface area contributed by atoms with Crippen LogP contribution in [0.4, 0.5) is 0 Å². The number of likely N-dealkylation sites (N-methyl/N-ethyl adjacent to an activating group) is 1. The lowest BCUT2D eigenvalue weighted by molar-refractivity contribution is 0.0102. The van der Waals surface area contributed by atoms with Crippen LogP contribution in [0.2, 0.25) is 0 Å². The molecule has 0 saturated carbocycles. The van der Waals surface area contributed by atoms with Crippen molar-refractivity contribution in [3.63, 3.8) is 0 Å². The van der Waals surface area contributed by atoms with Gasteiger partial charge in [0, 0.05) is 26.2 Å². The van der Waals surface area contributed by atoms with Crippen LogP contribution < -0.4 is 0 Å². The summed E-state index contributed by atoms with van der Waals surface area (Å²) < 4.78 is 5.27. The maximum absolute atomic E-state index is 11.7. The fourth-order valence-electron chi connectivity index (χ4n) is 1.78. The van der Waals surface area contributed by atoms with Crippen LogP contribution in [0, 0.1) is 0 Å². The minimum Gasteiger partial charge on any atom is -0.446 e. The molecule has 1 aromatic rings. The van der Waals surface area contributed by atoms with Crippen LogP contribution in [-0.2, 0) is 4.74 Å². The fourth-order valence-corrected chi connectivity index (χ4v) is 1.78. The Morgan fingerprint density at radius 2 is 1.68 bits per heavy atom. The highest BCUT2D eigenvalue weighted by Gasteiger charge is 2.15. The van der Waals surface area contributed by atoms with Crippen molar-refractivity contribution in [1.82, 2.24) is 9.80 Å². The van der Waals surface area contributed by atoms with Crippen LogP contribution >= 0.6 is 24.8 Å². The lowest BCUT2D eigenvalue weighted by Crippen LogP contribution is -2.45. The Labute approximate surface area is 126 Å². The van der Waals surface area contributed by atoms with Gasteiger partial charge in [0.2, 0.25) is 0 Å². The number of halogens is 2. The maximum Gasteiger partial charge on any atom is 0.339 e.